The number of benzene rings is 2. The lowest BCUT2D eigenvalue weighted by atomic mass is 10.0. The Hall–Kier alpha value is -2.93. The molecule has 7 heteroatoms. The van der Waals surface area contributed by atoms with E-state index in [9.17, 15) is 0 Å². The van der Waals surface area contributed by atoms with Crippen molar-refractivity contribution in [1.82, 2.24) is 4.90 Å². The summed E-state index contributed by atoms with van der Waals surface area (Å²) < 4.78 is 16.3. The molecule has 1 aliphatic heterocycles. The van der Waals surface area contributed by atoms with Gasteiger partial charge >= 0.3 is 0 Å². The lowest BCUT2D eigenvalue weighted by Crippen LogP contribution is -2.36. The predicted octanol–water partition coefficient (Wildman–Crippen LogP) is 3.67. The average molecular weight is 413 g/mol. The van der Waals surface area contributed by atoms with Crippen LogP contribution >= 0.6 is 0 Å². The summed E-state index contributed by atoms with van der Waals surface area (Å²) in [5.41, 5.74) is 8.15. The maximum absolute atomic E-state index is 6.21. The molecule has 30 heavy (non-hydrogen) atoms. The number of rotatable bonds is 8. The van der Waals surface area contributed by atoms with E-state index in [1.54, 1.807) is 21.3 Å². The maximum atomic E-state index is 6.21. The summed E-state index contributed by atoms with van der Waals surface area (Å²) in [6.45, 7) is 2.66. The van der Waals surface area contributed by atoms with E-state index in [-0.39, 0.29) is 6.04 Å². The van der Waals surface area contributed by atoms with Crippen LogP contribution in [0.15, 0.2) is 47.5 Å². The van der Waals surface area contributed by atoms with Crippen LogP contribution in [-0.4, -0.2) is 51.8 Å². The number of aliphatic imine (C=N–C) groups is 1. The van der Waals surface area contributed by atoms with Gasteiger partial charge in [-0.3, -0.25) is 9.89 Å². The fraction of sp³-hybridized carbons (Fsp3) is 0.435. The van der Waals surface area contributed by atoms with Crippen molar-refractivity contribution in [3.05, 3.63) is 48.0 Å². The SMILES string of the molecule is COc1ccc(NC(N)=NCC(c2ccccc2OC)N2CCCCC2)cc1OC. The van der Waals surface area contributed by atoms with Gasteiger partial charge in [-0.1, -0.05) is 24.6 Å². The van der Waals surface area contributed by atoms with Gasteiger partial charge in [0.1, 0.15) is 5.75 Å². The number of likely N-dealkylation sites (tertiary alicyclic amines) is 1. The summed E-state index contributed by atoms with van der Waals surface area (Å²) in [5, 5.41) is 3.15. The number of hydrogen-bond donors (Lipinski definition) is 2. The summed E-state index contributed by atoms with van der Waals surface area (Å²) in [5.74, 6) is 2.55. The van der Waals surface area contributed by atoms with Crippen LogP contribution in [0.2, 0.25) is 0 Å². The fourth-order valence-corrected chi connectivity index (χ4v) is 3.87. The van der Waals surface area contributed by atoms with E-state index < -0.39 is 0 Å². The quantitative estimate of drug-likeness (QED) is 0.509. The third-order valence-corrected chi connectivity index (χ3v) is 5.42. The zero-order chi connectivity index (χ0) is 21.3. The van der Waals surface area contributed by atoms with Crippen molar-refractivity contribution >= 4 is 11.6 Å². The average Bonchev–Trinajstić information content (AvgIpc) is 2.80. The van der Waals surface area contributed by atoms with E-state index >= 15 is 0 Å². The monoisotopic (exact) mass is 412 g/mol. The Bertz CT molecular complexity index is 850. The molecule has 0 radical (unpaired) electrons. The van der Waals surface area contributed by atoms with E-state index in [1.807, 2.05) is 36.4 Å². The first-order valence-corrected chi connectivity index (χ1v) is 10.3. The van der Waals surface area contributed by atoms with Gasteiger partial charge in [0.05, 0.1) is 33.9 Å². The molecule has 1 saturated heterocycles. The Morgan fingerprint density at radius 1 is 0.967 bits per heavy atom. The number of anilines is 1. The van der Waals surface area contributed by atoms with Crippen molar-refractivity contribution in [2.75, 3.05) is 46.3 Å². The van der Waals surface area contributed by atoms with E-state index in [4.69, 9.17) is 19.9 Å². The molecule has 0 saturated carbocycles. The highest BCUT2D eigenvalue weighted by atomic mass is 16.5. The van der Waals surface area contributed by atoms with Crippen LogP contribution in [0.1, 0.15) is 30.9 Å². The highest BCUT2D eigenvalue weighted by molar-refractivity contribution is 5.92. The number of nitrogens with zero attached hydrogens (tertiary/aromatic N) is 2. The van der Waals surface area contributed by atoms with Gasteiger partial charge < -0.3 is 25.3 Å². The molecule has 3 N–H and O–H groups in total. The van der Waals surface area contributed by atoms with Crippen LogP contribution in [0.5, 0.6) is 17.2 Å². The summed E-state index contributed by atoms with van der Waals surface area (Å²) >= 11 is 0. The van der Waals surface area contributed by atoms with Gasteiger partial charge in [0.25, 0.3) is 0 Å². The molecule has 1 aliphatic rings. The van der Waals surface area contributed by atoms with Crippen molar-refractivity contribution in [3.8, 4) is 17.2 Å². The number of nitrogens with two attached hydrogens (primary N) is 1. The van der Waals surface area contributed by atoms with Crippen LogP contribution in [0.4, 0.5) is 5.69 Å². The zero-order valence-corrected chi connectivity index (χ0v) is 18.1. The zero-order valence-electron chi connectivity index (χ0n) is 18.1. The lowest BCUT2D eigenvalue weighted by molar-refractivity contribution is 0.165. The second-order valence-corrected chi connectivity index (χ2v) is 7.28. The van der Waals surface area contributed by atoms with Crippen LogP contribution in [0.25, 0.3) is 0 Å². The molecule has 0 amide bonds. The molecule has 0 bridgehead atoms. The molecule has 1 atom stereocenters. The number of guanidine groups is 1. The number of nitrogens with one attached hydrogen (secondary N) is 1. The van der Waals surface area contributed by atoms with Gasteiger partial charge in [0.15, 0.2) is 17.5 Å². The Morgan fingerprint density at radius 2 is 1.67 bits per heavy atom. The first-order valence-electron chi connectivity index (χ1n) is 10.3. The first kappa shape index (κ1) is 21.8. The first-order chi connectivity index (χ1) is 14.7. The Morgan fingerprint density at radius 3 is 2.37 bits per heavy atom. The molecule has 0 spiro atoms. The number of ether oxygens (including phenoxy) is 3. The molecule has 1 fully saturated rings. The minimum atomic E-state index is 0.118. The second kappa shape index (κ2) is 10.7. The Labute approximate surface area is 178 Å². The molecule has 1 unspecified atom stereocenters. The van der Waals surface area contributed by atoms with Crippen LogP contribution in [-0.2, 0) is 0 Å². The summed E-state index contributed by atoms with van der Waals surface area (Å²) in [7, 11) is 4.93. The Balaban J connectivity index is 1.77. The van der Waals surface area contributed by atoms with Crippen molar-refractivity contribution in [1.29, 1.82) is 0 Å². The molecule has 162 valence electrons. The van der Waals surface area contributed by atoms with Crippen LogP contribution < -0.4 is 25.3 Å². The number of piperidine rings is 1. The minimum absolute atomic E-state index is 0.118. The number of methoxy groups -OCH3 is 3. The molecule has 2 aromatic rings. The number of hydrogen-bond acceptors (Lipinski definition) is 5. The van der Waals surface area contributed by atoms with Gasteiger partial charge in [0, 0.05) is 17.3 Å². The molecule has 1 heterocycles. The molecule has 0 aliphatic carbocycles. The van der Waals surface area contributed by atoms with Gasteiger partial charge in [-0.2, -0.15) is 0 Å². The topological polar surface area (TPSA) is 81.3 Å². The summed E-state index contributed by atoms with van der Waals surface area (Å²) in [6.07, 6.45) is 3.69. The van der Waals surface area contributed by atoms with Gasteiger partial charge in [0.2, 0.25) is 0 Å². The smallest absolute Gasteiger partial charge is 0.193 e. The van der Waals surface area contributed by atoms with Gasteiger partial charge in [-0.05, 0) is 44.1 Å². The highest BCUT2D eigenvalue weighted by Gasteiger charge is 2.24. The van der Waals surface area contributed by atoms with E-state index in [0.717, 1.165) is 30.1 Å². The van der Waals surface area contributed by atoms with Gasteiger partial charge in [-0.15, -0.1) is 0 Å². The largest absolute Gasteiger partial charge is 0.496 e. The normalized spacial score (nSPS) is 16.0. The Kier molecular flexibility index (Phi) is 7.79. The molecular weight excluding hydrogens is 380 g/mol. The molecule has 7 nitrogen and oxygen atoms in total. The second-order valence-electron chi connectivity index (χ2n) is 7.28. The third-order valence-electron chi connectivity index (χ3n) is 5.42. The van der Waals surface area contributed by atoms with Crippen molar-refractivity contribution in [2.24, 2.45) is 10.7 Å². The minimum Gasteiger partial charge on any atom is -0.496 e. The fourth-order valence-electron chi connectivity index (χ4n) is 3.87. The summed E-state index contributed by atoms with van der Waals surface area (Å²) in [4.78, 5) is 7.14. The molecular formula is C23H32N4O3. The van der Waals surface area contributed by atoms with E-state index in [2.05, 4.69) is 21.3 Å². The predicted molar refractivity (Wildman–Crippen MR) is 121 cm³/mol. The molecule has 2 aromatic carbocycles. The third kappa shape index (κ3) is 5.36. The van der Waals surface area contributed by atoms with Crippen molar-refractivity contribution in [2.45, 2.75) is 25.3 Å². The number of para-hydroxylation sites is 1. The van der Waals surface area contributed by atoms with Crippen molar-refractivity contribution < 1.29 is 14.2 Å². The standard InChI is InChI=1S/C23H32N4O3/c1-28-20-10-6-5-9-18(20)19(27-13-7-4-8-14-27)16-25-23(24)26-17-11-12-21(29-2)22(15-17)30-3/h5-6,9-12,15,19H,4,7-8,13-14,16H2,1-3H3,(H3,24,25,26). The van der Waals surface area contributed by atoms with Crippen LogP contribution in [0.3, 0.4) is 0 Å². The summed E-state index contributed by atoms with van der Waals surface area (Å²) in [6, 6.07) is 13.8. The van der Waals surface area contributed by atoms with E-state index in [1.165, 1.54) is 19.3 Å². The molecule has 3 rings (SSSR count). The van der Waals surface area contributed by atoms with Crippen molar-refractivity contribution in [3.63, 3.8) is 0 Å². The van der Waals surface area contributed by atoms with E-state index in [0.29, 0.717) is 24.0 Å². The maximum Gasteiger partial charge on any atom is 0.193 e. The van der Waals surface area contributed by atoms with Gasteiger partial charge in [-0.25, -0.2) is 0 Å². The lowest BCUT2D eigenvalue weighted by Gasteiger charge is -2.34. The molecule has 0 aromatic heterocycles. The van der Waals surface area contributed by atoms with Crippen LogP contribution in [0, 0.1) is 0 Å². The highest BCUT2D eigenvalue weighted by Crippen LogP contribution is 2.32.